The lowest BCUT2D eigenvalue weighted by Gasteiger charge is -2.44. The van der Waals surface area contributed by atoms with E-state index in [1.165, 1.54) is 16.7 Å². The van der Waals surface area contributed by atoms with Gasteiger partial charge >= 0.3 is 5.97 Å². The Kier molecular flexibility index (Phi) is 4.85. The second-order valence-electron chi connectivity index (χ2n) is 7.02. The number of hydrogen-bond donors (Lipinski definition) is 2. The monoisotopic (exact) mass is 407 g/mol. The number of amides is 1. The van der Waals surface area contributed by atoms with Crippen LogP contribution in [0.1, 0.15) is 13.8 Å². The number of carbonyl (C=O) groups excluding carboxylic acids is 1. The molecular weight excluding hydrogens is 386 g/mol. The minimum Gasteiger partial charge on any atom is -0.480 e. The van der Waals surface area contributed by atoms with Crippen LogP contribution in [0.5, 0.6) is 0 Å². The van der Waals surface area contributed by atoms with Crippen molar-refractivity contribution in [3.8, 4) is 0 Å². The number of thioether (sulfide) groups is 2. The zero-order valence-electron chi connectivity index (χ0n) is 14.9. The molecule has 144 valence electrons. The molecule has 6 atom stereocenters. The molecule has 2 aliphatic heterocycles. The maximum Gasteiger partial charge on any atom is 0.328 e. The molecular formula is C18H21N3O4S2. The Morgan fingerprint density at radius 2 is 2.11 bits per heavy atom. The predicted octanol–water partition coefficient (Wildman–Crippen LogP) is 1.85. The van der Waals surface area contributed by atoms with Gasteiger partial charge in [-0.05, 0) is 13.0 Å². The van der Waals surface area contributed by atoms with Gasteiger partial charge in [0.05, 0.1) is 40.2 Å². The van der Waals surface area contributed by atoms with E-state index in [1.54, 1.807) is 18.7 Å². The Labute approximate surface area is 165 Å². The smallest absolute Gasteiger partial charge is 0.328 e. The summed E-state index contributed by atoms with van der Waals surface area (Å²) in [7, 11) is 0. The maximum absolute atomic E-state index is 12.3. The molecule has 27 heavy (non-hydrogen) atoms. The Morgan fingerprint density at radius 3 is 2.81 bits per heavy atom. The number of β-lactam (4-membered cyclic amide) rings is 1. The number of aliphatic hydroxyl groups excluding tert-OH is 1. The second-order valence-corrected chi connectivity index (χ2v) is 10.2. The average Bonchev–Trinajstić information content (AvgIpc) is 3.14. The third-order valence-corrected chi connectivity index (χ3v) is 8.20. The molecule has 2 saturated heterocycles. The number of nitrogens with zero attached hydrogens (tertiary/aromatic N) is 3. The third-order valence-electron chi connectivity index (χ3n) is 5.07. The molecule has 1 aromatic heterocycles. The topological polar surface area (TPSA) is 95.7 Å². The zero-order valence-corrected chi connectivity index (χ0v) is 16.6. The summed E-state index contributed by atoms with van der Waals surface area (Å²) in [5.41, 5.74) is 1.05. The first-order valence-electron chi connectivity index (χ1n) is 8.83. The van der Waals surface area contributed by atoms with E-state index >= 15 is 0 Å². The predicted molar refractivity (Wildman–Crippen MR) is 105 cm³/mol. The standard InChI is InChI=1S/C18H21N3O4S2/c1-9(8-20-12-6-4-3-5-11(12)7-19-20)26-18-14(17(24)25)21-15(23)13(10(2)22)16(21)27-18/h3-7,9-10,13-14,16,18,22H,8H2,1-2H3,(H,24,25)/t9-,10?,13+,14+,16+,18+/m0/s1. The summed E-state index contributed by atoms with van der Waals surface area (Å²) in [5.74, 6) is -1.76. The minimum absolute atomic E-state index is 0.117. The van der Waals surface area contributed by atoms with Crippen molar-refractivity contribution in [2.75, 3.05) is 0 Å². The molecule has 3 heterocycles. The second kappa shape index (κ2) is 7.03. The number of aliphatic carboxylic acids is 1. The van der Waals surface area contributed by atoms with Crippen molar-refractivity contribution in [2.45, 2.75) is 47.7 Å². The first-order valence-corrected chi connectivity index (χ1v) is 10.7. The molecule has 0 bridgehead atoms. The first kappa shape index (κ1) is 18.6. The molecule has 4 rings (SSSR count). The van der Waals surface area contributed by atoms with E-state index < -0.39 is 24.0 Å². The van der Waals surface area contributed by atoms with Crippen LogP contribution in [0.15, 0.2) is 30.5 Å². The van der Waals surface area contributed by atoms with Gasteiger partial charge in [0.25, 0.3) is 0 Å². The summed E-state index contributed by atoms with van der Waals surface area (Å²) < 4.78 is 1.66. The molecule has 2 fully saturated rings. The molecule has 2 N–H and O–H groups in total. The highest BCUT2D eigenvalue weighted by molar-refractivity contribution is 8.17. The quantitative estimate of drug-likeness (QED) is 0.706. The van der Waals surface area contributed by atoms with E-state index in [0.29, 0.717) is 6.54 Å². The van der Waals surface area contributed by atoms with Crippen molar-refractivity contribution in [1.29, 1.82) is 0 Å². The zero-order chi connectivity index (χ0) is 19.3. The van der Waals surface area contributed by atoms with Crippen molar-refractivity contribution in [1.82, 2.24) is 14.7 Å². The van der Waals surface area contributed by atoms with Crippen LogP contribution in [0.3, 0.4) is 0 Å². The van der Waals surface area contributed by atoms with Crippen LogP contribution >= 0.6 is 23.5 Å². The van der Waals surface area contributed by atoms with E-state index in [1.807, 2.05) is 42.1 Å². The van der Waals surface area contributed by atoms with Crippen LogP contribution in [0, 0.1) is 5.92 Å². The summed E-state index contributed by atoms with van der Waals surface area (Å²) in [4.78, 5) is 25.5. The van der Waals surface area contributed by atoms with Gasteiger partial charge in [-0.2, -0.15) is 5.10 Å². The van der Waals surface area contributed by atoms with Crippen molar-refractivity contribution in [3.63, 3.8) is 0 Å². The van der Waals surface area contributed by atoms with E-state index in [-0.39, 0.29) is 21.1 Å². The molecule has 9 heteroatoms. The molecule has 1 unspecified atom stereocenters. The summed E-state index contributed by atoms with van der Waals surface area (Å²) in [5, 5.41) is 24.9. The lowest BCUT2D eigenvalue weighted by atomic mass is 9.91. The minimum atomic E-state index is -0.989. The highest BCUT2D eigenvalue weighted by Crippen LogP contribution is 2.52. The van der Waals surface area contributed by atoms with Gasteiger partial charge in [-0.1, -0.05) is 25.1 Å². The van der Waals surface area contributed by atoms with E-state index in [9.17, 15) is 19.8 Å². The van der Waals surface area contributed by atoms with Crippen molar-refractivity contribution >= 4 is 46.3 Å². The lowest BCUT2D eigenvalue weighted by Crippen LogP contribution is -2.64. The third kappa shape index (κ3) is 3.11. The molecule has 1 amide bonds. The SMILES string of the molecule is CC(O)[C@@H]1C(=O)N2[C@@H]1S[C@@H](S[C@@H](C)Cn1ncc3ccccc31)[C@H]2C(=O)O. The van der Waals surface area contributed by atoms with Gasteiger partial charge in [0.15, 0.2) is 6.04 Å². The average molecular weight is 408 g/mol. The van der Waals surface area contributed by atoms with Gasteiger partial charge < -0.3 is 15.1 Å². The molecule has 0 aliphatic carbocycles. The Hall–Kier alpha value is -1.71. The number of rotatable bonds is 6. The molecule has 2 aliphatic rings. The number of fused-ring (bicyclic) bond motifs is 2. The van der Waals surface area contributed by atoms with Gasteiger partial charge in [-0.3, -0.25) is 9.48 Å². The van der Waals surface area contributed by atoms with Crippen LogP contribution in [-0.2, 0) is 16.1 Å². The lowest BCUT2D eigenvalue weighted by molar-refractivity contribution is -0.166. The highest BCUT2D eigenvalue weighted by atomic mass is 32.2. The van der Waals surface area contributed by atoms with Crippen LogP contribution < -0.4 is 0 Å². The van der Waals surface area contributed by atoms with Crippen LogP contribution in [-0.4, -0.2) is 64.1 Å². The number of carboxylic acid groups (broad SMARTS) is 1. The number of aliphatic hydroxyl groups is 1. The van der Waals surface area contributed by atoms with Gasteiger partial charge in [-0.25, -0.2) is 4.79 Å². The van der Waals surface area contributed by atoms with Gasteiger partial charge in [0.2, 0.25) is 5.91 Å². The van der Waals surface area contributed by atoms with Crippen molar-refractivity contribution < 1.29 is 19.8 Å². The largest absolute Gasteiger partial charge is 0.480 e. The van der Waals surface area contributed by atoms with Crippen molar-refractivity contribution in [3.05, 3.63) is 30.5 Å². The van der Waals surface area contributed by atoms with Crippen LogP contribution in [0.25, 0.3) is 10.9 Å². The molecule has 2 aromatic rings. The first-order chi connectivity index (χ1) is 12.9. The Morgan fingerprint density at radius 1 is 1.37 bits per heavy atom. The number of aromatic nitrogens is 2. The normalized spacial score (nSPS) is 29.4. The fourth-order valence-corrected chi connectivity index (χ4v) is 7.57. The van der Waals surface area contributed by atoms with Gasteiger partial charge in [-0.15, -0.1) is 23.5 Å². The Balaban J connectivity index is 1.48. The molecule has 7 nitrogen and oxygen atoms in total. The van der Waals surface area contributed by atoms with E-state index in [0.717, 1.165) is 10.9 Å². The number of carbonyl (C=O) groups is 2. The van der Waals surface area contributed by atoms with Crippen molar-refractivity contribution in [2.24, 2.45) is 5.92 Å². The summed E-state index contributed by atoms with van der Waals surface area (Å²) >= 11 is 3.04. The van der Waals surface area contributed by atoms with Crippen LogP contribution in [0.4, 0.5) is 0 Å². The molecule has 1 aromatic carbocycles. The Bertz CT molecular complexity index is 886. The highest BCUT2D eigenvalue weighted by Gasteiger charge is 2.62. The number of benzene rings is 1. The van der Waals surface area contributed by atoms with Gasteiger partial charge in [0.1, 0.15) is 0 Å². The number of carboxylic acids is 1. The maximum atomic E-state index is 12.3. The van der Waals surface area contributed by atoms with E-state index in [4.69, 9.17) is 0 Å². The molecule has 0 saturated carbocycles. The van der Waals surface area contributed by atoms with Gasteiger partial charge in [0, 0.05) is 10.6 Å². The summed E-state index contributed by atoms with van der Waals surface area (Å²) in [6, 6.07) is 7.11. The number of para-hydroxylation sites is 1. The summed E-state index contributed by atoms with van der Waals surface area (Å²) in [6.45, 7) is 4.28. The molecule has 0 spiro atoms. The number of hydrogen-bond acceptors (Lipinski definition) is 6. The fourth-order valence-electron chi connectivity index (χ4n) is 3.77. The molecule has 0 radical (unpaired) electrons. The summed E-state index contributed by atoms with van der Waals surface area (Å²) in [6.07, 6.45) is 1.06. The van der Waals surface area contributed by atoms with Crippen LogP contribution in [0.2, 0.25) is 0 Å². The fraction of sp³-hybridized carbons (Fsp3) is 0.500. The van der Waals surface area contributed by atoms with E-state index in [2.05, 4.69) is 5.10 Å².